The van der Waals surface area contributed by atoms with Crippen LogP contribution in [0.3, 0.4) is 0 Å². The molecule has 2 aromatic rings. The number of nitrogens with zero attached hydrogens (tertiary/aromatic N) is 1. The van der Waals surface area contributed by atoms with Gasteiger partial charge in [0.05, 0.1) is 22.7 Å². The van der Waals surface area contributed by atoms with Crippen molar-refractivity contribution in [1.82, 2.24) is 5.32 Å². The molecular formula is C22H23Br2N3O2S2. The first-order valence-corrected chi connectivity index (χ1v) is 12.6. The summed E-state index contributed by atoms with van der Waals surface area (Å²) in [6, 6.07) is 5.79. The molecule has 1 aliphatic carbocycles. The highest BCUT2D eigenvalue weighted by molar-refractivity contribution is 9.11. The lowest BCUT2D eigenvalue weighted by molar-refractivity contribution is 0.0974. The summed E-state index contributed by atoms with van der Waals surface area (Å²) < 4.78 is 6.73. The third-order valence-electron chi connectivity index (χ3n) is 5.51. The number of thiophene rings is 1. The number of halogens is 2. The standard InChI is InChI=1S/C22H23Br2N3O2S2/c1-22(2,3)11-5-6-13-15(10-25)20(31-17(13)7-11)27-21(30)26-19(28)14-8-12(23)9-16(24)18(14)29-4/h8-9,11H,5-7H2,1-4H3,(H2,26,27,28,30)/t11-/m1/s1. The van der Waals surface area contributed by atoms with Gasteiger partial charge in [0, 0.05) is 9.35 Å². The molecule has 1 aromatic heterocycles. The van der Waals surface area contributed by atoms with Gasteiger partial charge in [-0.1, -0.05) is 36.7 Å². The minimum absolute atomic E-state index is 0.144. The molecule has 0 unspecified atom stereocenters. The van der Waals surface area contributed by atoms with Crippen LogP contribution >= 0.6 is 55.4 Å². The van der Waals surface area contributed by atoms with E-state index in [1.165, 1.54) is 12.0 Å². The minimum Gasteiger partial charge on any atom is -0.495 e. The fourth-order valence-electron chi connectivity index (χ4n) is 3.77. The van der Waals surface area contributed by atoms with Crippen LogP contribution in [0, 0.1) is 22.7 Å². The third-order valence-corrected chi connectivity index (χ3v) is 7.93. The van der Waals surface area contributed by atoms with Gasteiger partial charge in [-0.25, -0.2) is 0 Å². The topological polar surface area (TPSA) is 74.2 Å². The largest absolute Gasteiger partial charge is 0.495 e. The average molecular weight is 585 g/mol. The van der Waals surface area contributed by atoms with Crippen molar-refractivity contribution in [3.8, 4) is 11.8 Å². The molecule has 1 amide bonds. The van der Waals surface area contributed by atoms with Crippen LogP contribution in [0.5, 0.6) is 5.75 Å². The second-order valence-corrected chi connectivity index (χ2v) is 11.8. The highest BCUT2D eigenvalue weighted by atomic mass is 79.9. The van der Waals surface area contributed by atoms with Crippen molar-refractivity contribution >= 4 is 71.4 Å². The molecule has 0 radical (unpaired) electrons. The fraction of sp³-hybridized carbons (Fsp3) is 0.409. The number of rotatable bonds is 3. The van der Waals surface area contributed by atoms with Crippen molar-refractivity contribution in [1.29, 1.82) is 5.26 Å². The molecule has 1 aromatic carbocycles. The number of amides is 1. The molecule has 9 heteroatoms. The van der Waals surface area contributed by atoms with E-state index in [0.717, 1.165) is 29.3 Å². The predicted octanol–water partition coefficient (Wildman–Crippen LogP) is 6.43. The Morgan fingerprint density at radius 1 is 1.35 bits per heavy atom. The van der Waals surface area contributed by atoms with Crippen LogP contribution in [-0.4, -0.2) is 18.1 Å². The van der Waals surface area contributed by atoms with Gasteiger partial charge in [-0.3, -0.25) is 10.1 Å². The van der Waals surface area contributed by atoms with Crippen molar-refractivity contribution in [2.45, 2.75) is 40.0 Å². The van der Waals surface area contributed by atoms with E-state index in [9.17, 15) is 10.1 Å². The molecule has 1 heterocycles. The Bertz CT molecular complexity index is 1080. The fourth-order valence-corrected chi connectivity index (χ4v) is 6.70. The highest BCUT2D eigenvalue weighted by Crippen LogP contribution is 2.44. The van der Waals surface area contributed by atoms with Gasteiger partial charge in [0.25, 0.3) is 5.91 Å². The number of fused-ring (bicyclic) bond motifs is 1. The maximum absolute atomic E-state index is 12.8. The number of carbonyl (C=O) groups excluding carboxylic acids is 1. The Morgan fingerprint density at radius 3 is 2.68 bits per heavy atom. The Morgan fingerprint density at radius 2 is 2.06 bits per heavy atom. The molecule has 3 rings (SSSR count). The maximum atomic E-state index is 12.8. The van der Waals surface area contributed by atoms with E-state index in [1.54, 1.807) is 23.5 Å². The van der Waals surface area contributed by atoms with Gasteiger partial charge in [-0.05, 0) is 76.4 Å². The minimum atomic E-state index is -0.399. The molecular weight excluding hydrogens is 562 g/mol. The zero-order valence-electron chi connectivity index (χ0n) is 17.7. The summed E-state index contributed by atoms with van der Waals surface area (Å²) in [4.78, 5) is 14.0. The lowest BCUT2D eigenvalue weighted by Gasteiger charge is -2.33. The normalized spacial score (nSPS) is 15.6. The number of anilines is 1. The maximum Gasteiger partial charge on any atom is 0.261 e. The molecule has 5 nitrogen and oxygen atoms in total. The van der Waals surface area contributed by atoms with E-state index in [1.807, 2.05) is 0 Å². The SMILES string of the molecule is COc1c(Br)cc(Br)cc1C(=O)NC(=S)Nc1sc2c(c1C#N)CC[C@@H](C(C)(C)C)C2. The number of benzene rings is 1. The lowest BCUT2D eigenvalue weighted by atomic mass is 9.72. The summed E-state index contributed by atoms with van der Waals surface area (Å²) in [5, 5.41) is 16.4. The molecule has 2 N–H and O–H groups in total. The molecule has 31 heavy (non-hydrogen) atoms. The number of methoxy groups -OCH3 is 1. The van der Waals surface area contributed by atoms with Gasteiger partial charge in [0.2, 0.25) is 0 Å². The van der Waals surface area contributed by atoms with E-state index in [4.69, 9.17) is 17.0 Å². The van der Waals surface area contributed by atoms with E-state index in [-0.39, 0.29) is 10.5 Å². The molecule has 1 atom stereocenters. The first-order valence-electron chi connectivity index (χ1n) is 9.75. The molecule has 0 fully saturated rings. The summed E-state index contributed by atoms with van der Waals surface area (Å²) in [5.41, 5.74) is 2.31. The summed E-state index contributed by atoms with van der Waals surface area (Å²) in [6.45, 7) is 6.79. The quantitative estimate of drug-likeness (QED) is 0.407. The van der Waals surface area contributed by atoms with E-state index in [0.29, 0.717) is 32.3 Å². The zero-order valence-corrected chi connectivity index (χ0v) is 22.5. The van der Waals surface area contributed by atoms with Gasteiger partial charge in [0.15, 0.2) is 5.11 Å². The Kier molecular flexibility index (Phi) is 7.47. The van der Waals surface area contributed by atoms with Gasteiger partial charge in [0.1, 0.15) is 16.8 Å². The monoisotopic (exact) mass is 583 g/mol. The second kappa shape index (κ2) is 9.57. The van der Waals surface area contributed by atoms with Crippen LogP contribution in [0.15, 0.2) is 21.1 Å². The average Bonchev–Trinajstić information content (AvgIpc) is 3.02. The van der Waals surface area contributed by atoms with Gasteiger partial charge < -0.3 is 10.1 Å². The van der Waals surface area contributed by atoms with E-state index >= 15 is 0 Å². The summed E-state index contributed by atoms with van der Waals surface area (Å²) in [7, 11) is 1.50. The van der Waals surface area contributed by atoms with Crippen molar-refractivity contribution < 1.29 is 9.53 Å². The molecule has 0 saturated carbocycles. The number of carbonyl (C=O) groups is 1. The smallest absolute Gasteiger partial charge is 0.261 e. The van der Waals surface area contributed by atoms with Crippen molar-refractivity contribution in [2.75, 3.05) is 12.4 Å². The highest BCUT2D eigenvalue weighted by Gasteiger charge is 2.32. The molecule has 0 spiro atoms. The predicted molar refractivity (Wildman–Crippen MR) is 136 cm³/mol. The van der Waals surface area contributed by atoms with Crippen molar-refractivity contribution in [3.63, 3.8) is 0 Å². The molecule has 164 valence electrons. The molecule has 0 bridgehead atoms. The number of nitriles is 1. The Labute approximate surface area is 208 Å². The van der Waals surface area contributed by atoms with Gasteiger partial charge >= 0.3 is 0 Å². The molecule has 0 saturated heterocycles. The van der Waals surface area contributed by atoms with Crippen LogP contribution in [0.2, 0.25) is 0 Å². The van der Waals surface area contributed by atoms with E-state index in [2.05, 4.69) is 69.3 Å². The first-order chi connectivity index (χ1) is 14.5. The summed E-state index contributed by atoms with van der Waals surface area (Å²) in [5.74, 6) is 0.595. The number of ether oxygens (including phenoxy) is 1. The Balaban J connectivity index is 1.79. The molecule has 0 aliphatic heterocycles. The van der Waals surface area contributed by atoms with Gasteiger partial charge in [-0.15, -0.1) is 11.3 Å². The zero-order chi connectivity index (χ0) is 22.9. The number of thiocarbonyl (C=S) groups is 1. The summed E-state index contributed by atoms with van der Waals surface area (Å²) in [6.07, 6.45) is 2.92. The van der Waals surface area contributed by atoms with Gasteiger partial charge in [-0.2, -0.15) is 5.26 Å². The van der Waals surface area contributed by atoms with Crippen LogP contribution in [0.25, 0.3) is 0 Å². The van der Waals surface area contributed by atoms with Crippen LogP contribution < -0.4 is 15.4 Å². The molecule has 1 aliphatic rings. The summed E-state index contributed by atoms with van der Waals surface area (Å²) >= 11 is 13.7. The number of hydrogen-bond acceptors (Lipinski definition) is 5. The van der Waals surface area contributed by atoms with Crippen molar-refractivity contribution in [3.05, 3.63) is 42.6 Å². The van der Waals surface area contributed by atoms with Crippen LogP contribution in [0.1, 0.15) is 53.6 Å². The van der Waals surface area contributed by atoms with Crippen molar-refractivity contribution in [2.24, 2.45) is 11.3 Å². The number of hydrogen-bond donors (Lipinski definition) is 2. The third kappa shape index (κ3) is 5.30. The second-order valence-electron chi connectivity index (χ2n) is 8.50. The van der Waals surface area contributed by atoms with E-state index < -0.39 is 5.91 Å². The lowest BCUT2D eigenvalue weighted by Crippen LogP contribution is -2.34. The first kappa shape index (κ1) is 24.2. The van der Waals surface area contributed by atoms with Crippen LogP contribution in [0.4, 0.5) is 5.00 Å². The van der Waals surface area contributed by atoms with Crippen LogP contribution in [-0.2, 0) is 12.8 Å². The Hall–Kier alpha value is -1.47. The number of nitrogens with one attached hydrogen (secondary N) is 2.